The topological polar surface area (TPSA) is 41.1 Å². The molecule has 23 heavy (non-hydrogen) atoms. The van der Waals surface area contributed by atoms with E-state index in [4.69, 9.17) is 11.6 Å². The van der Waals surface area contributed by atoms with E-state index < -0.39 is 0 Å². The fourth-order valence-corrected chi connectivity index (χ4v) is 2.52. The van der Waals surface area contributed by atoms with Crippen LogP contribution in [0.1, 0.15) is 37.3 Å². The van der Waals surface area contributed by atoms with Crippen LogP contribution in [0.25, 0.3) is 0 Å². The van der Waals surface area contributed by atoms with Crippen molar-refractivity contribution in [3.05, 3.63) is 64.7 Å². The summed E-state index contributed by atoms with van der Waals surface area (Å²) in [6, 6.07) is 15.5. The predicted octanol–water partition coefficient (Wildman–Crippen LogP) is 5.22. The van der Waals surface area contributed by atoms with Crippen molar-refractivity contribution >= 4 is 23.3 Å². The normalized spacial score (nSPS) is 11.8. The van der Waals surface area contributed by atoms with Crippen LogP contribution in [0.2, 0.25) is 5.02 Å². The van der Waals surface area contributed by atoms with Crippen molar-refractivity contribution in [1.29, 1.82) is 0 Å². The van der Waals surface area contributed by atoms with E-state index in [1.54, 1.807) is 0 Å². The van der Waals surface area contributed by atoms with Gasteiger partial charge in [-0.25, -0.2) is 4.79 Å². The highest BCUT2D eigenvalue weighted by atomic mass is 35.5. The monoisotopic (exact) mass is 330 g/mol. The van der Waals surface area contributed by atoms with Crippen LogP contribution in [-0.4, -0.2) is 12.6 Å². The fraction of sp³-hybridized carbons (Fsp3) is 0.316. The fourth-order valence-electron chi connectivity index (χ4n) is 2.40. The van der Waals surface area contributed by atoms with E-state index in [0.717, 1.165) is 29.1 Å². The third-order valence-corrected chi connectivity index (χ3v) is 4.22. The number of carbonyl (C=O) groups is 1. The van der Waals surface area contributed by atoms with Crippen molar-refractivity contribution in [3.8, 4) is 0 Å². The maximum atomic E-state index is 12.1. The number of rotatable bonds is 6. The summed E-state index contributed by atoms with van der Waals surface area (Å²) in [4.78, 5) is 12.1. The molecular formula is C19H23ClN2O. The van der Waals surface area contributed by atoms with Gasteiger partial charge in [-0.2, -0.15) is 0 Å². The number of benzene rings is 2. The van der Waals surface area contributed by atoms with Gasteiger partial charge in [-0.15, -0.1) is 0 Å². The Morgan fingerprint density at radius 3 is 2.52 bits per heavy atom. The molecule has 0 aromatic heterocycles. The van der Waals surface area contributed by atoms with Crippen LogP contribution in [0.4, 0.5) is 10.5 Å². The molecule has 0 aliphatic rings. The number of anilines is 1. The number of para-hydroxylation sites is 1. The molecule has 4 heteroatoms. The first-order valence-electron chi connectivity index (χ1n) is 7.98. The molecule has 0 aliphatic carbocycles. The second-order valence-electron chi connectivity index (χ2n) is 5.65. The molecule has 1 unspecified atom stereocenters. The molecule has 3 nitrogen and oxygen atoms in total. The predicted molar refractivity (Wildman–Crippen MR) is 97.3 cm³/mol. The maximum Gasteiger partial charge on any atom is 0.319 e. The first-order chi connectivity index (χ1) is 11.1. The lowest BCUT2D eigenvalue weighted by Crippen LogP contribution is -2.30. The first-order valence-corrected chi connectivity index (χ1v) is 8.36. The molecule has 2 aromatic rings. The number of hydrogen-bond donors (Lipinski definition) is 2. The summed E-state index contributed by atoms with van der Waals surface area (Å²) in [6.45, 7) is 4.89. The summed E-state index contributed by atoms with van der Waals surface area (Å²) in [6.07, 6.45) is 1.81. The molecular weight excluding hydrogens is 308 g/mol. The Morgan fingerprint density at radius 1 is 1.13 bits per heavy atom. The van der Waals surface area contributed by atoms with Crippen LogP contribution in [0, 0.1) is 0 Å². The third kappa shape index (κ3) is 5.29. The molecule has 0 fully saturated rings. The minimum absolute atomic E-state index is 0.172. The number of hydrogen-bond acceptors (Lipinski definition) is 1. The van der Waals surface area contributed by atoms with Crippen LogP contribution >= 0.6 is 11.6 Å². The highest BCUT2D eigenvalue weighted by Gasteiger charge is 2.10. The molecule has 1 atom stereocenters. The van der Waals surface area contributed by atoms with E-state index in [0.29, 0.717) is 12.5 Å². The highest BCUT2D eigenvalue weighted by Crippen LogP contribution is 2.26. The molecule has 0 saturated carbocycles. The molecule has 122 valence electrons. The molecule has 0 bridgehead atoms. The zero-order chi connectivity index (χ0) is 16.7. The Bertz CT molecular complexity index is 640. The lowest BCUT2D eigenvalue weighted by atomic mass is 9.97. The Morgan fingerprint density at radius 2 is 1.83 bits per heavy atom. The van der Waals surface area contributed by atoms with Crippen LogP contribution in [-0.2, 0) is 6.42 Å². The molecule has 0 heterocycles. The second kappa shape index (κ2) is 8.59. The van der Waals surface area contributed by atoms with Gasteiger partial charge in [0.05, 0.1) is 0 Å². The van der Waals surface area contributed by atoms with Crippen LogP contribution < -0.4 is 10.6 Å². The van der Waals surface area contributed by atoms with Crippen LogP contribution in [0.5, 0.6) is 0 Å². The van der Waals surface area contributed by atoms with Crippen LogP contribution in [0.15, 0.2) is 48.5 Å². The number of halogens is 1. The van der Waals surface area contributed by atoms with Gasteiger partial charge in [0.25, 0.3) is 0 Å². The van der Waals surface area contributed by atoms with Gasteiger partial charge in [0, 0.05) is 17.3 Å². The lowest BCUT2D eigenvalue weighted by molar-refractivity contribution is 0.252. The van der Waals surface area contributed by atoms with E-state index in [1.807, 2.05) is 42.5 Å². The van der Waals surface area contributed by atoms with Crippen molar-refractivity contribution < 1.29 is 4.79 Å². The lowest BCUT2D eigenvalue weighted by Gasteiger charge is -2.16. The van der Waals surface area contributed by atoms with Gasteiger partial charge in [0.15, 0.2) is 0 Å². The van der Waals surface area contributed by atoms with E-state index >= 15 is 0 Å². The zero-order valence-corrected chi connectivity index (χ0v) is 14.4. The van der Waals surface area contributed by atoms with E-state index in [1.165, 1.54) is 5.56 Å². The molecule has 0 aliphatic heterocycles. The van der Waals surface area contributed by atoms with E-state index in [-0.39, 0.29) is 6.03 Å². The van der Waals surface area contributed by atoms with Gasteiger partial charge in [-0.05, 0) is 48.1 Å². The Balaban J connectivity index is 1.86. The highest BCUT2D eigenvalue weighted by molar-refractivity contribution is 6.30. The summed E-state index contributed by atoms with van der Waals surface area (Å²) < 4.78 is 0. The molecule has 0 spiro atoms. The van der Waals surface area contributed by atoms with Crippen molar-refractivity contribution in [2.45, 2.75) is 32.6 Å². The summed E-state index contributed by atoms with van der Waals surface area (Å²) >= 11 is 5.86. The van der Waals surface area contributed by atoms with Crippen LogP contribution in [0.3, 0.4) is 0 Å². The molecule has 2 N–H and O–H groups in total. The van der Waals surface area contributed by atoms with Gasteiger partial charge >= 0.3 is 6.03 Å². The second-order valence-corrected chi connectivity index (χ2v) is 6.09. The van der Waals surface area contributed by atoms with Crippen molar-refractivity contribution in [2.24, 2.45) is 0 Å². The minimum Gasteiger partial charge on any atom is -0.338 e. The summed E-state index contributed by atoms with van der Waals surface area (Å²) in [5.41, 5.74) is 3.20. The third-order valence-electron chi connectivity index (χ3n) is 3.96. The molecule has 2 rings (SSSR count). The minimum atomic E-state index is -0.172. The van der Waals surface area contributed by atoms with Crippen molar-refractivity contribution in [3.63, 3.8) is 0 Å². The molecule has 0 saturated heterocycles. The smallest absolute Gasteiger partial charge is 0.319 e. The molecule has 0 radical (unpaired) electrons. The largest absolute Gasteiger partial charge is 0.338 e. The van der Waals surface area contributed by atoms with Crippen molar-refractivity contribution in [1.82, 2.24) is 5.32 Å². The number of urea groups is 1. The SMILES string of the molecule is CCC(C)c1ccccc1NC(=O)NCCc1ccc(Cl)cc1. The summed E-state index contributed by atoms with van der Waals surface area (Å²) in [5, 5.41) is 6.57. The Hall–Kier alpha value is -2.00. The number of amides is 2. The summed E-state index contributed by atoms with van der Waals surface area (Å²) in [5.74, 6) is 0.417. The van der Waals surface area contributed by atoms with Crippen molar-refractivity contribution in [2.75, 3.05) is 11.9 Å². The first kappa shape index (κ1) is 17.4. The van der Waals surface area contributed by atoms with Gasteiger partial charge in [-0.3, -0.25) is 0 Å². The van der Waals surface area contributed by atoms with E-state index in [2.05, 4.69) is 30.5 Å². The average molecular weight is 331 g/mol. The van der Waals surface area contributed by atoms with Gasteiger partial charge < -0.3 is 10.6 Å². The Kier molecular flexibility index (Phi) is 6.48. The van der Waals surface area contributed by atoms with Gasteiger partial charge in [0.2, 0.25) is 0 Å². The maximum absolute atomic E-state index is 12.1. The quantitative estimate of drug-likeness (QED) is 0.749. The average Bonchev–Trinajstić information content (AvgIpc) is 2.56. The molecule has 2 aromatic carbocycles. The van der Waals surface area contributed by atoms with Gasteiger partial charge in [-0.1, -0.05) is 55.8 Å². The summed E-state index contributed by atoms with van der Waals surface area (Å²) in [7, 11) is 0. The number of nitrogens with one attached hydrogen (secondary N) is 2. The Labute approximate surface area is 143 Å². The van der Waals surface area contributed by atoms with Gasteiger partial charge in [0.1, 0.15) is 0 Å². The van der Waals surface area contributed by atoms with E-state index in [9.17, 15) is 4.79 Å². The zero-order valence-electron chi connectivity index (χ0n) is 13.6. The number of carbonyl (C=O) groups excluding carboxylic acids is 1. The molecule has 2 amide bonds. The standard InChI is InChI=1S/C19H23ClN2O/c1-3-14(2)17-6-4-5-7-18(17)22-19(23)21-13-12-15-8-10-16(20)11-9-15/h4-11,14H,3,12-13H2,1-2H3,(H2,21,22,23).